The highest BCUT2D eigenvalue weighted by molar-refractivity contribution is 4.87. The molecule has 2 saturated carbocycles. The zero-order valence-corrected chi connectivity index (χ0v) is 13.2. The van der Waals surface area contributed by atoms with E-state index in [1.165, 1.54) is 70.6 Å². The molecule has 0 aliphatic heterocycles. The maximum Gasteiger partial charge on any atom is 0.00957 e. The molecule has 0 aromatic heterocycles. The fourth-order valence-corrected chi connectivity index (χ4v) is 4.71. The van der Waals surface area contributed by atoms with E-state index in [-0.39, 0.29) is 0 Å². The first-order valence-corrected chi connectivity index (χ1v) is 9.00. The van der Waals surface area contributed by atoms with Crippen LogP contribution in [0.15, 0.2) is 0 Å². The SMILES string of the molecule is CCCC1CCC(C(N)C2CCCC(CC)C2)CC1. The molecule has 0 heterocycles. The lowest BCUT2D eigenvalue weighted by Gasteiger charge is -2.39. The third-order valence-electron chi connectivity index (χ3n) is 6.08. The van der Waals surface area contributed by atoms with E-state index in [2.05, 4.69) is 13.8 Å². The first kappa shape index (κ1) is 15.4. The van der Waals surface area contributed by atoms with Crippen LogP contribution in [-0.4, -0.2) is 6.04 Å². The lowest BCUT2D eigenvalue weighted by molar-refractivity contribution is 0.153. The van der Waals surface area contributed by atoms with Crippen LogP contribution in [0.25, 0.3) is 0 Å². The lowest BCUT2D eigenvalue weighted by atomic mass is 9.69. The molecule has 1 heteroatoms. The molecule has 19 heavy (non-hydrogen) atoms. The summed E-state index contributed by atoms with van der Waals surface area (Å²) in [6.07, 6.45) is 15.6. The summed E-state index contributed by atoms with van der Waals surface area (Å²) in [5.41, 5.74) is 6.66. The molecule has 0 spiro atoms. The monoisotopic (exact) mass is 265 g/mol. The Labute approximate surface area is 120 Å². The smallest absolute Gasteiger partial charge is 0.00957 e. The van der Waals surface area contributed by atoms with Gasteiger partial charge < -0.3 is 5.73 Å². The number of hydrogen-bond acceptors (Lipinski definition) is 1. The number of rotatable bonds is 5. The molecule has 0 bridgehead atoms. The minimum Gasteiger partial charge on any atom is -0.327 e. The summed E-state index contributed by atoms with van der Waals surface area (Å²) in [5, 5.41) is 0. The Bertz CT molecular complexity index is 242. The largest absolute Gasteiger partial charge is 0.327 e. The van der Waals surface area contributed by atoms with Gasteiger partial charge >= 0.3 is 0 Å². The maximum absolute atomic E-state index is 6.66. The van der Waals surface area contributed by atoms with Gasteiger partial charge in [0, 0.05) is 6.04 Å². The molecule has 0 aromatic rings. The molecule has 3 atom stereocenters. The fourth-order valence-electron chi connectivity index (χ4n) is 4.71. The molecule has 0 aromatic carbocycles. The quantitative estimate of drug-likeness (QED) is 0.732. The average molecular weight is 265 g/mol. The van der Waals surface area contributed by atoms with E-state index in [1.807, 2.05) is 0 Å². The summed E-state index contributed by atoms with van der Waals surface area (Å²) in [4.78, 5) is 0. The van der Waals surface area contributed by atoms with Crippen LogP contribution in [0.5, 0.6) is 0 Å². The van der Waals surface area contributed by atoms with Crippen LogP contribution in [0.2, 0.25) is 0 Å². The Morgan fingerprint density at radius 1 is 0.895 bits per heavy atom. The summed E-state index contributed by atoms with van der Waals surface area (Å²) in [6, 6.07) is 0.511. The van der Waals surface area contributed by atoms with Crippen molar-refractivity contribution in [1.82, 2.24) is 0 Å². The Morgan fingerprint density at radius 3 is 2.26 bits per heavy atom. The van der Waals surface area contributed by atoms with Gasteiger partial charge in [0.05, 0.1) is 0 Å². The van der Waals surface area contributed by atoms with E-state index in [1.54, 1.807) is 0 Å². The molecular weight excluding hydrogens is 230 g/mol. The zero-order chi connectivity index (χ0) is 13.7. The van der Waals surface area contributed by atoms with Crippen LogP contribution < -0.4 is 5.73 Å². The van der Waals surface area contributed by atoms with Gasteiger partial charge in [-0.25, -0.2) is 0 Å². The third kappa shape index (κ3) is 4.21. The second kappa shape index (κ2) is 7.67. The van der Waals surface area contributed by atoms with Crippen LogP contribution in [0, 0.1) is 23.7 Å². The molecule has 0 amide bonds. The predicted molar refractivity (Wildman–Crippen MR) is 84.1 cm³/mol. The molecule has 2 fully saturated rings. The molecule has 2 aliphatic rings. The highest BCUT2D eigenvalue weighted by atomic mass is 14.7. The van der Waals surface area contributed by atoms with Gasteiger partial charge in [-0.05, 0) is 49.4 Å². The normalized spacial score (nSPS) is 38.1. The van der Waals surface area contributed by atoms with Crippen molar-refractivity contribution in [3.63, 3.8) is 0 Å². The van der Waals surface area contributed by atoms with Crippen LogP contribution in [0.3, 0.4) is 0 Å². The van der Waals surface area contributed by atoms with Crippen LogP contribution in [0.4, 0.5) is 0 Å². The Hall–Kier alpha value is -0.0400. The number of hydrogen-bond donors (Lipinski definition) is 1. The maximum atomic E-state index is 6.66. The van der Waals surface area contributed by atoms with Crippen molar-refractivity contribution in [3.8, 4) is 0 Å². The molecule has 0 saturated heterocycles. The van der Waals surface area contributed by atoms with E-state index < -0.39 is 0 Å². The molecule has 1 nitrogen and oxygen atoms in total. The average Bonchev–Trinajstić information content (AvgIpc) is 2.48. The topological polar surface area (TPSA) is 26.0 Å². The van der Waals surface area contributed by atoms with Crippen molar-refractivity contribution in [3.05, 3.63) is 0 Å². The zero-order valence-electron chi connectivity index (χ0n) is 13.2. The molecule has 2 aliphatic carbocycles. The Morgan fingerprint density at radius 2 is 1.63 bits per heavy atom. The Kier molecular flexibility index (Phi) is 6.19. The van der Waals surface area contributed by atoms with Gasteiger partial charge in [0.1, 0.15) is 0 Å². The molecule has 112 valence electrons. The van der Waals surface area contributed by atoms with Gasteiger partial charge in [-0.3, -0.25) is 0 Å². The molecule has 3 unspecified atom stereocenters. The fraction of sp³-hybridized carbons (Fsp3) is 1.00. The summed E-state index contributed by atoms with van der Waals surface area (Å²) in [6.45, 7) is 4.68. The van der Waals surface area contributed by atoms with Crippen molar-refractivity contribution >= 4 is 0 Å². The highest BCUT2D eigenvalue weighted by Crippen LogP contribution is 2.39. The first-order valence-electron chi connectivity index (χ1n) is 9.00. The first-order chi connectivity index (χ1) is 9.24. The van der Waals surface area contributed by atoms with Gasteiger partial charge in [-0.2, -0.15) is 0 Å². The van der Waals surface area contributed by atoms with E-state index in [4.69, 9.17) is 5.73 Å². The van der Waals surface area contributed by atoms with E-state index >= 15 is 0 Å². The highest BCUT2D eigenvalue weighted by Gasteiger charge is 2.32. The molecule has 0 radical (unpaired) electrons. The standard InChI is InChI=1S/C18H35N/c1-3-6-15-9-11-16(12-10-15)18(19)17-8-5-7-14(4-2)13-17/h14-18H,3-13,19H2,1-2H3. The van der Waals surface area contributed by atoms with Crippen molar-refractivity contribution < 1.29 is 0 Å². The third-order valence-corrected chi connectivity index (χ3v) is 6.08. The van der Waals surface area contributed by atoms with Crippen molar-refractivity contribution in [2.45, 2.75) is 90.5 Å². The minimum atomic E-state index is 0.511. The van der Waals surface area contributed by atoms with E-state index in [0.29, 0.717) is 6.04 Å². The molecular formula is C18H35N. The second-order valence-electron chi connectivity index (χ2n) is 7.35. The van der Waals surface area contributed by atoms with Crippen LogP contribution in [-0.2, 0) is 0 Å². The van der Waals surface area contributed by atoms with Crippen molar-refractivity contribution in [2.75, 3.05) is 0 Å². The number of nitrogens with two attached hydrogens (primary N) is 1. The van der Waals surface area contributed by atoms with Gasteiger partial charge in [0.15, 0.2) is 0 Å². The van der Waals surface area contributed by atoms with Crippen molar-refractivity contribution in [2.24, 2.45) is 29.4 Å². The van der Waals surface area contributed by atoms with Gasteiger partial charge in [-0.15, -0.1) is 0 Å². The lowest BCUT2D eigenvalue weighted by Crippen LogP contribution is -2.41. The molecule has 2 rings (SSSR count). The van der Waals surface area contributed by atoms with Crippen LogP contribution in [0.1, 0.15) is 84.5 Å². The summed E-state index contributed by atoms with van der Waals surface area (Å²) >= 11 is 0. The van der Waals surface area contributed by atoms with E-state index in [0.717, 1.165) is 23.7 Å². The second-order valence-corrected chi connectivity index (χ2v) is 7.35. The predicted octanol–water partition coefficient (Wildman–Crippen LogP) is 5.14. The molecule has 2 N–H and O–H groups in total. The van der Waals surface area contributed by atoms with Crippen molar-refractivity contribution in [1.29, 1.82) is 0 Å². The van der Waals surface area contributed by atoms with Gasteiger partial charge in [-0.1, -0.05) is 58.8 Å². The summed E-state index contributed by atoms with van der Waals surface area (Å²) in [7, 11) is 0. The summed E-state index contributed by atoms with van der Waals surface area (Å²) in [5.74, 6) is 3.67. The van der Waals surface area contributed by atoms with Gasteiger partial charge in [0.25, 0.3) is 0 Å². The van der Waals surface area contributed by atoms with Gasteiger partial charge in [0.2, 0.25) is 0 Å². The van der Waals surface area contributed by atoms with Crippen LogP contribution >= 0.6 is 0 Å². The Balaban J connectivity index is 1.78. The summed E-state index contributed by atoms with van der Waals surface area (Å²) < 4.78 is 0. The van der Waals surface area contributed by atoms with E-state index in [9.17, 15) is 0 Å². The minimum absolute atomic E-state index is 0.511.